The molecule has 3 aliphatic rings. The molecule has 1 aromatic heterocycles. The van der Waals surface area contributed by atoms with Crippen molar-refractivity contribution < 1.29 is 94.5 Å². The van der Waals surface area contributed by atoms with E-state index in [0.717, 1.165) is 4.90 Å². The molecule has 0 spiro atoms. The molecule has 0 saturated carbocycles. The maximum Gasteiger partial charge on any atom is 3.00 e. The van der Waals surface area contributed by atoms with Gasteiger partial charge in [0.2, 0.25) is 11.8 Å². The Bertz CT molecular complexity index is 1940. The normalized spacial score (nSPS) is 19.9. The minimum Gasteiger partial charge on any atom is -0.549 e. The number of rotatable bonds is 16. The van der Waals surface area contributed by atoms with E-state index in [1.54, 1.807) is 43.9 Å². The SMILES string of the molecule is N#C[C@@H]1CC(F)(F)CN1C(=O)CNC(=O)c1ccnc2ccc(OCCCN3CCN(C(=O)CN4CCN(CC(=O)[O-])CCN(CC(=O)[O-])CCN(CC(=O)[O-])CC4)CC3)cc12.[177Lu+3]. The summed E-state index contributed by atoms with van der Waals surface area (Å²) < 4.78 is 33.6. The van der Waals surface area contributed by atoms with Crippen molar-refractivity contribution in [3.8, 4) is 11.8 Å². The van der Waals surface area contributed by atoms with Crippen LogP contribution >= 0.6 is 0 Å². The molecule has 1 N–H and O–H groups in total. The largest absolute Gasteiger partial charge is 3.00 e. The summed E-state index contributed by atoms with van der Waals surface area (Å²) in [5.41, 5.74) is 0.696. The van der Waals surface area contributed by atoms with Gasteiger partial charge in [0.15, 0.2) is 0 Å². The van der Waals surface area contributed by atoms with Crippen LogP contribution in [0.1, 0.15) is 23.2 Å². The summed E-state index contributed by atoms with van der Waals surface area (Å²) in [6.07, 6.45) is 1.33. The number of carboxylic acid groups (broad SMARTS) is 3. The third-order valence-corrected chi connectivity index (χ3v) is 11.1. The molecule has 3 amide bonds. The first-order valence-electron chi connectivity index (χ1n) is 20.4. The van der Waals surface area contributed by atoms with Gasteiger partial charge in [-0.05, 0) is 30.7 Å². The molecule has 0 bridgehead atoms. The van der Waals surface area contributed by atoms with E-state index < -0.39 is 67.7 Å². The molecule has 23 heteroatoms. The number of hydrogen-bond donors (Lipinski definition) is 1. The fraction of sp³-hybridized carbons (Fsp3) is 0.600. The Morgan fingerprint density at radius 3 is 1.81 bits per heavy atom. The van der Waals surface area contributed by atoms with Gasteiger partial charge in [0.25, 0.3) is 11.8 Å². The fourth-order valence-electron chi connectivity index (χ4n) is 7.71. The van der Waals surface area contributed by atoms with Crippen molar-refractivity contribution in [1.29, 1.82) is 5.26 Å². The first-order valence-corrected chi connectivity index (χ1v) is 20.4. The van der Waals surface area contributed by atoms with Crippen molar-refractivity contribution in [2.45, 2.75) is 24.8 Å². The Morgan fingerprint density at radius 1 is 0.762 bits per heavy atom. The number of nitrogens with zero attached hydrogens (tertiary/aromatic N) is 9. The predicted octanol–water partition coefficient (Wildman–Crippen LogP) is -4.89. The minimum absolute atomic E-state index is 0. The number of amides is 3. The number of ether oxygens (including phenoxy) is 1. The number of fused-ring (bicyclic) bond motifs is 1. The number of nitrogens with one attached hydrogen (secondary N) is 1. The summed E-state index contributed by atoms with van der Waals surface area (Å²) >= 11 is 0. The van der Waals surface area contributed by atoms with Crippen LogP contribution in [0.15, 0.2) is 30.5 Å². The number of alkyl halides is 2. The van der Waals surface area contributed by atoms with Gasteiger partial charge in [0.05, 0.1) is 61.3 Å². The molecule has 1 atom stereocenters. The first-order chi connectivity index (χ1) is 29.6. The van der Waals surface area contributed by atoms with Crippen molar-refractivity contribution in [1.82, 2.24) is 44.6 Å². The van der Waals surface area contributed by atoms with Crippen LogP contribution in [0.25, 0.3) is 10.9 Å². The second-order valence-electron chi connectivity index (χ2n) is 15.6. The Morgan fingerprint density at radius 2 is 1.29 bits per heavy atom. The molecule has 0 aliphatic carbocycles. The van der Waals surface area contributed by atoms with Crippen LogP contribution < -0.4 is 25.4 Å². The number of carbonyl (C=O) groups excluding carboxylic acids is 6. The minimum atomic E-state index is -3.17. The zero-order valence-electron chi connectivity index (χ0n) is 34.6. The van der Waals surface area contributed by atoms with Crippen LogP contribution in [-0.4, -0.2) is 218 Å². The zero-order valence-corrected chi connectivity index (χ0v) is 36.3. The fourth-order valence-corrected chi connectivity index (χ4v) is 7.71. The summed E-state index contributed by atoms with van der Waals surface area (Å²) in [6.45, 7) is 2.59. The summed E-state index contributed by atoms with van der Waals surface area (Å²) in [5.74, 6) is -8.11. The molecule has 1 aromatic carbocycles. The van der Waals surface area contributed by atoms with Crippen LogP contribution in [0.4, 0.5) is 8.78 Å². The van der Waals surface area contributed by atoms with E-state index in [9.17, 15) is 58.1 Å². The van der Waals surface area contributed by atoms with Gasteiger partial charge >= 0.3 is 36.9 Å². The number of piperazine rings is 1. The zero-order chi connectivity index (χ0) is 44.8. The van der Waals surface area contributed by atoms with E-state index >= 15 is 0 Å². The molecule has 3 aliphatic heterocycles. The third kappa shape index (κ3) is 16.3. The molecular weight excluding hydrogens is 995 g/mol. The van der Waals surface area contributed by atoms with Gasteiger partial charge in [-0.15, -0.1) is 0 Å². The van der Waals surface area contributed by atoms with Crippen LogP contribution in [0.3, 0.4) is 0 Å². The van der Waals surface area contributed by atoms with Gasteiger partial charge < -0.3 is 49.6 Å². The molecule has 5 rings (SSSR count). The number of likely N-dealkylation sites (tertiary alicyclic amines) is 1. The number of aromatic nitrogens is 1. The number of pyridine rings is 1. The van der Waals surface area contributed by atoms with Crippen molar-refractivity contribution in [3.63, 3.8) is 0 Å². The van der Waals surface area contributed by atoms with Crippen LogP contribution in [0.2, 0.25) is 0 Å². The van der Waals surface area contributed by atoms with Crippen LogP contribution in [0, 0.1) is 48.2 Å². The van der Waals surface area contributed by atoms with Crippen LogP contribution in [-0.2, 0) is 24.0 Å². The standard InChI is InChI=1S/C40H54F2N10O10.Lu/c41-40(42)21-29(22-43)52(28-40)34(53)23-45-39(61)31-4-5-44-33-3-2-30(20-32(31)33)62-19-1-6-46-15-17-51(18-16-46)35(54)24-47-7-9-48(25-36(55)56)11-13-50(27-38(59)60)14-12-49(10-8-47)26-37(57)58;/h2-5,20,29H,1,6-19,21,23-28H2,(H,45,61)(H,55,56)(H,57,58)(H,59,60);/q;+3/p-3/t29-;/m0./s1/i;1+2. The van der Waals surface area contributed by atoms with Crippen molar-refractivity contribution >= 4 is 46.5 Å². The van der Waals surface area contributed by atoms with Crippen molar-refractivity contribution in [2.75, 3.05) is 131 Å². The van der Waals surface area contributed by atoms with Gasteiger partial charge in [-0.1, -0.05) is 0 Å². The van der Waals surface area contributed by atoms with Gasteiger partial charge in [-0.2, -0.15) is 5.26 Å². The number of aliphatic carboxylic acids is 3. The second kappa shape index (κ2) is 24.6. The number of carboxylic acids is 3. The van der Waals surface area contributed by atoms with Gasteiger partial charge in [-0.25, -0.2) is 8.78 Å². The number of nitriles is 1. The monoisotopic (exact) mass is 1050 g/mol. The Labute approximate surface area is 392 Å². The van der Waals surface area contributed by atoms with E-state index in [4.69, 9.17) is 4.74 Å². The second-order valence-corrected chi connectivity index (χ2v) is 15.6. The van der Waals surface area contributed by atoms with E-state index in [0.29, 0.717) is 75.5 Å². The number of hydrogen-bond acceptors (Lipinski definition) is 17. The first kappa shape index (κ1) is 51.3. The van der Waals surface area contributed by atoms with E-state index in [1.807, 2.05) is 4.90 Å². The number of benzene rings is 1. The van der Waals surface area contributed by atoms with Crippen LogP contribution in [0.5, 0.6) is 5.75 Å². The molecule has 20 nitrogen and oxygen atoms in total. The molecule has 350 valence electrons. The smallest absolute Gasteiger partial charge is 0.549 e. The van der Waals surface area contributed by atoms with Crippen molar-refractivity contribution in [3.05, 3.63) is 36.0 Å². The van der Waals surface area contributed by atoms with Gasteiger partial charge in [0, 0.05) is 123 Å². The summed E-state index contributed by atoms with van der Waals surface area (Å²) in [5, 5.41) is 46.4. The number of carbonyl (C=O) groups is 6. The molecule has 3 fully saturated rings. The average Bonchev–Trinajstić information content (AvgIpc) is 3.55. The van der Waals surface area contributed by atoms with E-state index in [-0.39, 0.29) is 107 Å². The third-order valence-electron chi connectivity index (χ3n) is 11.1. The molecule has 0 radical (unpaired) electrons. The summed E-state index contributed by atoms with van der Waals surface area (Å²) in [6, 6.07) is 6.97. The van der Waals surface area contributed by atoms with Gasteiger partial charge in [0.1, 0.15) is 11.8 Å². The molecular formula is C40H51F2LuN10O10. The maximum absolute atomic E-state index is 13.8. The quantitative estimate of drug-likeness (QED) is 0.155. The molecule has 3 saturated heterocycles. The molecule has 4 heterocycles. The summed E-state index contributed by atoms with van der Waals surface area (Å²) in [4.78, 5) is 89.2. The van der Waals surface area contributed by atoms with E-state index in [2.05, 4.69) is 15.2 Å². The van der Waals surface area contributed by atoms with E-state index in [1.165, 1.54) is 12.3 Å². The maximum atomic E-state index is 13.8. The Balaban J connectivity index is 0.00000871. The molecule has 2 aromatic rings. The molecule has 63 heavy (non-hydrogen) atoms. The number of halogens is 2. The predicted molar refractivity (Wildman–Crippen MR) is 209 cm³/mol. The Kier molecular flexibility index (Phi) is 20.0. The topological polar surface area (TPSA) is 252 Å². The summed E-state index contributed by atoms with van der Waals surface area (Å²) in [7, 11) is 0. The average molecular weight is 1050 g/mol. The van der Waals surface area contributed by atoms with Crippen molar-refractivity contribution in [2.24, 2.45) is 0 Å². The molecule has 0 unspecified atom stereocenters. The Hall–Kier alpha value is -4.37. The van der Waals surface area contributed by atoms with Gasteiger partial charge in [-0.3, -0.25) is 43.9 Å².